The maximum absolute atomic E-state index is 8.37. The number of nitrogens with two attached hydrogens (primary N) is 1. The molecule has 1 heterocycles. The van der Waals surface area contributed by atoms with Crippen molar-refractivity contribution in [2.75, 3.05) is 33.4 Å². The molecule has 5 heteroatoms. The lowest BCUT2D eigenvalue weighted by Crippen LogP contribution is -2.24. The van der Waals surface area contributed by atoms with Crippen molar-refractivity contribution >= 4 is 5.84 Å². The fourth-order valence-electron chi connectivity index (χ4n) is 2.02. The smallest absolute Gasteiger partial charge is 0.139 e. The van der Waals surface area contributed by atoms with Gasteiger partial charge in [0, 0.05) is 20.1 Å². The van der Waals surface area contributed by atoms with Gasteiger partial charge in [-0.2, -0.15) is 0 Å². The standard InChI is InChI=1S/C10H21N3O2/c1-15-8-9-4-6-13(7-9)5-2-3-10(11)12-14/h9,14H,2-8H2,1H3,(H2,11,12). The molecule has 0 aromatic carbocycles. The quantitative estimate of drug-likeness (QED) is 0.292. The minimum absolute atomic E-state index is 0.322. The summed E-state index contributed by atoms with van der Waals surface area (Å²) in [5, 5.41) is 11.3. The van der Waals surface area contributed by atoms with Gasteiger partial charge in [-0.3, -0.25) is 0 Å². The van der Waals surface area contributed by atoms with Crippen LogP contribution in [0.5, 0.6) is 0 Å². The predicted octanol–water partition coefficient (Wildman–Crippen LogP) is 0.481. The Morgan fingerprint density at radius 2 is 2.47 bits per heavy atom. The number of methoxy groups -OCH3 is 1. The minimum atomic E-state index is 0.322. The SMILES string of the molecule is COCC1CCN(CCCC(N)=NO)C1. The Morgan fingerprint density at radius 1 is 1.67 bits per heavy atom. The van der Waals surface area contributed by atoms with Crippen LogP contribution in [-0.4, -0.2) is 49.3 Å². The van der Waals surface area contributed by atoms with Gasteiger partial charge in [-0.25, -0.2) is 0 Å². The van der Waals surface area contributed by atoms with E-state index in [1.807, 2.05) is 0 Å². The molecule has 1 saturated heterocycles. The van der Waals surface area contributed by atoms with Crippen LogP contribution in [0, 0.1) is 5.92 Å². The number of oxime groups is 1. The van der Waals surface area contributed by atoms with Gasteiger partial charge >= 0.3 is 0 Å². The second-order valence-electron chi connectivity index (χ2n) is 4.11. The molecule has 1 atom stereocenters. The van der Waals surface area contributed by atoms with Gasteiger partial charge < -0.3 is 20.6 Å². The van der Waals surface area contributed by atoms with Gasteiger partial charge in [0.25, 0.3) is 0 Å². The molecule has 0 spiro atoms. The summed E-state index contributed by atoms with van der Waals surface area (Å²) < 4.78 is 5.14. The molecule has 88 valence electrons. The number of ether oxygens (including phenoxy) is 1. The first kappa shape index (κ1) is 12.3. The highest BCUT2D eigenvalue weighted by Crippen LogP contribution is 2.16. The first-order chi connectivity index (χ1) is 7.26. The normalized spacial score (nSPS) is 23.5. The first-order valence-electron chi connectivity index (χ1n) is 5.44. The van der Waals surface area contributed by atoms with E-state index < -0.39 is 0 Å². The topological polar surface area (TPSA) is 71.1 Å². The fraction of sp³-hybridized carbons (Fsp3) is 0.900. The highest BCUT2D eigenvalue weighted by molar-refractivity contribution is 5.79. The van der Waals surface area contributed by atoms with E-state index in [-0.39, 0.29) is 0 Å². The molecule has 1 aliphatic heterocycles. The number of nitrogens with zero attached hydrogens (tertiary/aromatic N) is 2. The third-order valence-electron chi connectivity index (χ3n) is 2.81. The minimum Gasteiger partial charge on any atom is -0.409 e. The van der Waals surface area contributed by atoms with Gasteiger partial charge in [0.2, 0.25) is 0 Å². The van der Waals surface area contributed by atoms with Crippen LogP contribution < -0.4 is 5.73 Å². The maximum atomic E-state index is 8.37. The summed E-state index contributed by atoms with van der Waals surface area (Å²) in [6.45, 7) is 4.14. The van der Waals surface area contributed by atoms with Crippen LogP contribution in [0.2, 0.25) is 0 Å². The third kappa shape index (κ3) is 4.48. The van der Waals surface area contributed by atoms with Crippen LogP contribution in [0.3, 0.4) is 0 Å². The molecule has 0 aromatic rings. The summed E-state index contributed by atoms with van der Waals surface area (Å²) in [6, 6.07) is 0. The van der Waals surface area contributed by atoms with Crippen molar-refractivity contribution in [3.8, 4) is 0 Å². The first-order valence-corrected chi connectivity index (χ1v) is 5.44. The van der Waals surface area contributed by atoms with Gasteiger partial charge in [0.1, 0.15) is 5.84 Å². The molecule has 1 rings (SSSR count). The molecule has 1 fully saturated rings. The number of likely N-dealkylation sites (tertiary alicyclic amines) is 1. The summed E-state index contributed by atoms with van der Waals surface area (Å²) >= 11 is 0. The monoisotopic (exact) mass is 215 g/mol. The number of amidine groups is 1. The molecule has 15 heavy (non-hydrogen) atoms. The molecule has 0 bridgehead atoms. The lowest BCUT2D eigenvalue weighted by molar-refractivity contribution is 0.153. The van der Waals surface area contributed by atoms with Crippen LogP contribution in [0.4, 0.5) is 0 Å². The highest BCUT2D eigenvalue weighted by Gasteiger charge is 2.21. The lowest BCUT2D eigenvalue weighted by atomic mass is 10.1. The number of hydrogen-bond acceptors (Lipinski definition) is 4. The van der Waals surface area contributed by atoms with Crippen molar-refractivity contribution in [3.05, 3.63) is 0 Å². The zero-order valence-electron chi connectivity index (χ0n) is 9.35. The second kappa shape index (κ2) is 6.63. The average Bonchev–Trinajstić information content (AvgIpc) is 2.66. The van der Waals surface area contributed by atoms with E-state index in [0.29, 0.717) is 18.2 Å². The molecule has 0 saturated carbocycles. The van der Waals surface area contributed by atoms with Gasteiger partial charge in [0.05, 0.1) is 6.61 Å². The summed E-state index contributed by atoms with van der Waals surface area (Å²) in [5.41, 5.74) is 5.39. The lowest BCUT2D eigenvalue weighted by Gasteiger charge is -2.15. The molecule has 5 nitrogen and oxygen atoms in total. The van der Waals surface area contributed by atoms with Crippen LogP contribution >= 0.6 is 0 Å². The Balaban J connectivity index is 2.08. The van der Waals surface area contributed by atoms with Gasteiger partial charge in [-0.1, -0.05) is 5.16 Å². The summed E-state index contributed by atoms with van der Waals surface area (Å²) in [4.78, 5) is 2.41. The van der Waals surface area contributed by atoms with E-state index in [9.17, 15) is 0 Å². The van der Waals surface area contributed by atoms with Crippen LogP contribution in [0.25, 0.3) is 0 Å². The van der Waals surface area contributed by atoms with Gasteiger partial charge in [0.15, 0.2) is 0 Å². The van der Waals surface area contributed by atoms with E-state index in [1.165, 1.54) is 6.42 Å². The van der Waals surface area contributed by atoms with Crippen molar-refractivity contribution in [1.82, 2.24) is 4.90 Å². The number of rotatable bonds is 6. The van der Waals surface area contributed by atoms with Crippen molar-refractivity contribution in [1.29, 1.82) is 0 Å². The number of hydrogen-bond donors (Lipinski definition) is 2. The van der Waals surface area contributed by atoms with Crippen LogP contribution in [0.15, 0.2) is 5.16 Å². The zero-order chi connectivity index (χ0) is 11.1. The Labute approximate surface area is 90.9 Å². The van der Waals surface area contributed by atoms with E-state index in [4.69, 9.17) is 15.7 Å². The summed E-state index contributed by atoms with van der Waals surface area (Å²) in [5.74, 6) is 1.00. The molecule has 3 N–H and O–H groups in total. The Hall–Kier alpha value is -0.810. The van der Waals surface area contributed by atoms with E-state index >= 15 is 0 Å². The Kier molecular flexibility index (Phi) is 5.42. The Morgan fingerprint density at radius 3 is 3.13 bits per heavy atom. The second-order valence-corrected chi connectivity index (χ2v) is 4.11. The maximum Gasteiger partial charge on any atom is 0.139 e. The van der Waals surface area contributed by atoms with Crippen molar-refractivity contribution in [3.63, 3.8) is 0 Å². The summed E-state index contributed by atoms with van der Waals surface area (Å²) in [7, 11) is 1.75. The summed E-state index contributed by atoms with van der Waals surface area (Å²) in [6.07, 6.45) is 2.84. The molecule has 0 aromatic heterocycles. The van der Waals surface area contributed by atoms with Crippen molar-refractivity contribution in [2.24, 2.45) is 16.8 Å². The average molecular weight is 215 g/mol. The van der Waals surface area contributed by atoms with Crippen LogP contribution in [-0.2, 0) is 4.74 Å². The van der Waals surface area contributed by atoms with Crippen molar-refractivity contribution < 1.29 is 9.94 Å². The van der Waals surface area contributed by atoms with E-state index in [1.54, 1.807) is 7.11 Å². The molecule has 0 aliphatic carbocycles. The molecule has 0 radical (unpaired) electrons. The van der Waals surface area contributed by atoms with E-state index in [0.717, 1.165) is 32.7 Å². The molecule has 1 aliphatic rings. The highest BCUT2D eigenvalue weighted by atomic mass is 16.5. The molecular formula is C10H21N3O2. The third-order valence-corrected chi connectivity index (χ3v) is 2.81. The zero-order valence-corrected chi connectivity index (χ0v) is 9.35. The fourth-order valence-corrected chi connectivity index (χ4v) is 2.02. The molecule has 1 unspecified atom stereocenters. The van der Waals surface area contributed by atoms with Gasteiger partial charge in [-0.05, 0) is 31.8 Å². The van der Waals surface area contributed by atoms with Crippen molar-refractivity contribution in [2.45, 2.75) is 19.3 Å². The van der Waals surface area contributed by atoms with Gasteiger partial charge in [-0.15, -0.1) is 0 Å². The molecular weight excluding hydrogens is 194 g/mol. The van der Waals surface area contributed by atoms with E-state index in [2.05, 4.69) is 10.1 Å². The van der Waals surface area contributed by atoms with Crippen LogP contribution in [0.1, 0.15) is 19.3 Å². The predicted molar refractivity (Wildman–Crippen MR) is 59.1 cm³/mol. The Bertz CT molecular complexity index is 209. The molecule has 0 amide bonds. The largest absolute Gasteiger partial charge is 0.409 e.